The number of anilines is 1. The molecule has 0 radical (unpaired) electrons. The second-order valence-electron chi connectivity index (χ2n) is 6.14. The van der Waals surface area contributed by atoms with Gasteiger partial charge in [0.25, 0.3) is 0 Å². The molecule has 0 aromatic heterocycles. The number of carbonyl (C=O) groups excluding carboxylic acids is 2. The number of nitrogens with zero attached hydrogens (tertiary/aromatic N) is 1. The van der Waals surface area contributed by atoms with E-state index in [1.807, 2.05) is 31.2 Å². The molecular formula is C17H22N2O3. The molecule has 22 heavy (non-hydrogen) atoms. The van der Waals surface area contributed by atoms with Crippen molar-refractivity contribution in [2.45, 2.75) is 32.3 Å². The third-order valence-electron chi connectivity index (χ3n) is 4.44. The highest BCUT2D eigenvalue weighted by Crippen LogP contribution is 2.23. The van der Waals surface area contributed by atoms with Crippen LogP contribution in [0.3, 0.4) is 0 Å². The zero-order valence-corrected chi connectivity index (χ0v) is 12.9. The first kappa shape index (κ1) is 15.0. The fourth-order valence-electron chi connectivity index (χ4n) is 3.11. The first-order valence-electron chi connectivity index (χ1n) is 7.89. The van der Waals surface area contributed by atoms with Crippen LogP contribution in [-0.2, 0) is 14.3 Å². The van der Waals surface area contributed by atoms with Gasteiger partial charge in [0.05, 0.1) is 12.0 Å². The van der Waals surface area contributed by atoms with Crippen LogP contribution in [0.15, 0.2) is 24.3 Å². The van der Waals surface area contributed by atoms with Crippen LogP contribution in [0.2, 0.25) is 0 Å². The van der Waals surface area contributed by atoms with Crippen molar-refractivity contribution in [1.29, 1.82) is 0 Å². The summed E-state index contributed by atoms with van der Waals surface area (Å²) < 4.78 is 5.58. The van der Waals surface area contributed by atoms with Crippen molar-refractivity contribution in [2.24, 2.45) is 5.92 Å². The number of hydrogen-bond acceptors (Lipinski definition) is 3. The normalized spacial score (nSPS) is 24.8. The summed E-state index contributed by atoms with van der Waals surface area (Å²) >= 11 is 0. The Morgan fingerprint density at radius 3 is 2.95 bits per heavy atom. The van der Waals surface area contributed by atoms with Crippen molar-refractivity contribution in [1.82, 2.24) is 4.90 Å². The lowest BCUT2D eigenvalue weighted by molar-refractivity contribution is -0.129. The molecule has 2 aliphatic heterocycles. The standard InChI is InChI=1S/C17H22N2O3/c1-12-5-2-3-7-15(12)18-17(21)13-9-16(20)19(10-13)11-14-6-4-8-22-14/h2-3,5,7,13-14H,4,6,8-11H2,1H3,(H,18,21). The van der Waals surface area contributed by atoms with Crippen molar-refractivity contribution < 1.29 is 14.3 Å². The van der Waals surface area contributed by atoms with Crippen LogP contribution in [0.1, 0.15) is 24.8 Å². The van der Waals surface area contributed by atoms with Crippen LogP contribution in [0, 0.1) is 12.8 Å². The van der Waals surface area contributed by atoms with E-state index in [0.717, 1.165) is 30.7 Å². The Hall–Kier alpha value is -1.88. The fraction of sp³-hybridized carbons (Fsp3) is 0.529. The molecule has 0 saturated carbocycles. The average Bonchev–Trinajstić information content (AvgIpc) is 3.13. The van der Waals surface area contributed by atoms with E-state index in [-0.39, 0.29) is 23.8 Å². The molecule has 2 fully saturated rings. The van der Waals surface area contributed by atoms with Gasteiger partial charge in [-0.25, -0.2) is 0 Å². The predicted octanol–water partition coefficient (Wildman–Crippen LogP) is 1.96. The molecule has 2 aliphatic rings. The molecule has 1 N–H and O–H groups in total. The molecule has 1 aromatic carbocycles. The lowest BCUT2D eigenvalue weighted by Gasteiger charge is -2.20. The Bertz CT molecular complexity index is 567. The topological polar surface area (TPSA) is 58.6 Å². The van der Waals surface area contributed by atoms with Crippen LogP contribution in [-0.4, -0.2) is 42.5 Å². The Labute approximate surface area is 130 Å². The number of likely N-dealkylation sites (tertiary alicyclic amines) is 1. The molecular weight excluding hydrogens is 280 g/mol. The molecule has 0 aliphatic carbocycles. The average molecular weight is 302 g/mol. The quantitative estimate of drug-likeness (QED) is 0.925. The van der Waals surface area contributed by atoms with E-state index in [9.17, 15) is 9.59 Å². The first-order valence-corrected chi connectivity index (χ1v) is 7.89. The van der Waals surface area contributed by atoms with Crippen LogP contribution in [0.25, 0.3) is 0 Å². The Kier molecular flexibility index (Phi) is 4.43. The highest BCUT2D eigenvalue weighted by molar-refractivity contribution is 5.97. The van der Waals surface area contributed by atoms with Crippen LogP contribution in [0.4, 0.5) is 5.69 Å². The van der Waals surface area contributed by atoms with Gasteiger partial charge in [-0.3, -0.25) is 9.59 Å². The van der Waals surface area contributed by atoms with Gasteiger partial charge in [0.1, 0.15) is 0 Å². The van der Waals surface area contributed by atoms with Crippen LogP contribution < -0.4 is 5.32 Å². The summed E-state index contributed by atoms with van der Waals surface area (Å²) in [5, 5.41) is 2.94. The van der Waals surface area contributed by atoms with Crippen molar-refractivity contribution in [3.05, 3.63) is 29.8 Å². The van der Waals surface area contributed by atoms with Gasteiger partial charge in [0.2, 0.25) is 11.8 Å². The van der Waals surface area contributed by atoms with Crippen LogP contribution in [0.5, 0.6) is 0 Å². The lowest BCUT2D eigenvalue weighted by atomic mass is 10.1. The minimum absolute atomic E-state index is 0.0560. The number of carbonyl (C=O) groups is 2. The molecule has 2 saturated heterocycles. The molecule has 2 atom stereocenters. The van der Waals surface area contributed by atoms with Gasteiger partial charge in [0, 0.05) is 31.8 Å². The zero-order valence-electron chi connectivity index (χ0n) is 12.9. The Balaban J connectivity index is 1.57. The van der Waals surface area contributed by atoms with E-state index >= 15 is 0 Å². The number of aryl methyl sites for hydroxylation is 1. The van der Waals surface area contributed by atoms with E-state index < -0.39 is 0 Å². The minimum atomic E-state index is -0.270. The summed E-state index contributed by atoms with van der Waals surface area (Å²) in [5.74, 6) is -0.286. The maximum absolute atomic E-state index is 12.4. The smallest absolute Gasteiger partial charge is 0.229 e. The van der Waals surface area contributed by atoms with Crippen molar-refractivity contribution in [3.63, 3.8) is 0 Å². The largest absolute Gasteiger partial charge is 0.376 e. The van der Waals surface area contributed by atoms with Crippen LogP contribution >= 0.6 is 0 Å². The first-order chi connectivity index (χ1) is 10.6. The summed E-state index contributed by atoms with van der Waals surface area (Å²) in [6, 6.07) is 7.67. The van der Waals surface area contributed by atoms with Gasteiger partial charge in [0.15, 0.2) is 0 Å². The van der Waals surface area contributed by atoms with E-state index in [0.29, 0.717) is 19.5 Å². The third kappa shape index (κ3) is 3.30. The van der Waals surface area contributed by atoms with Gasteiger partial charge < -0.3 is 15.0 Å². The van der Waals surface area contributed by atoms with E-state index in [1.165, 1.54) is 0 Å². The number of hydrogen-bond donors (Lipinski definition) is 1. The maximum atomic E-state index is 12.4. The van der Waals surface area contributed by atoms with Gasteiger partial charge in [-0.1, -0.05) is 18.2 Å². The molecule has 2 amide bonds. The third-order valence-corrected chi connectivity index (χ3v) is 4.44. The monoisotopic (exact) mass is 302 g/mol. The molecule has 0 bridgehead atoms. The second-order valence-corrected chi connectivity index (χ2v) is 6.14. The number of para-hydroxylation sites is 1. The minimum Gasteiger partial charge on any atom is -0.376 e. The molecule has 5 nitrogen and oxygen atoms in total. The molecule has 3 rings (SSSR count). The number of amides is 2. The van der Waals surface area contributed by atoms with Crippen molar-refractivity contribution in [2.75, 3.05) is 25.0 Å². The number of ether oxygens (including phenoxy) is 1. The number of benzene rings is 1. The van der Waals surface area contributed by atoms with Gasteiger partial charge in [-0.15, -0.1) is 0 Å². The number of rotatable bonds is 4. The second kappa shape index (κ2) is 6.48. The van der Waals surface area contributed by atoms with E-state index in [2.05, 4.69) is 5.32 Å². The van der Waals surface area contributed by atoms with E-state index in [4.69, 9.17) is 4.74 Å². The molecule has 118 valence electrons. The molecule has 2 heterocycles. The van der Waals surface area contributed by atoms with Gasteiger partial charge in [-0.2, -0.15) is 0 Å². The summed E-state index contributed by atoms with van der Waals surface area (Å²) in [6.07, 6.45) is 2.50. The maximum Gasteiger partial charge on any atom is 0.229 e. The number of nitrogens with one attached hydrogen (secondary N) is 1. The molecule has 5 heteroatoms. The Morgan fingerprint density at radius 2 is 2.23 bits per heavy atom. The summed E-state index contributed by atoms with van der Waals surface area (Å²) in [5.41, 5.74) is 1.84. The zero-order chi connectivity index (χ0) is 15.5. The molecule has 1 aromatic rings. The highest BCUT2D eigenvalue weighted by Gasteiger charge is 2.36. The Morgan fingerprint density at radius 1 is 1.41 bits per heavy atom. The summed E-state index contributed by atoms with van der Waals surface area (Å²) in [4.78, 5) is 26.2. The van der Waals surface area contributed by atoms with E-state index in [1.54, 1.807) is 4.90 Å². The van der Waals surface area contributed by atoms with Crippen molar-refractivity contribution in [3.8, 4) is 0 Å². The van der Waals surface area contributed by atoms with Gasteiger partial charge >= 0.3 is 0 Å². The lowest BCUT2D eigenvalue weighted by Crippen LogP contribution is -2.34. The van der Waals surface area contributed by atoms with Crippen molar-refractivity contribution >= 4 is 17.5 Å². The predicted molar refractivity (Wildman–Crippen MR) is 83.5 cm³/mol. The van der Waals surface area contributed by atoms with Gasteiger partial charge in [-0.05, 0) is 31.4 Å². The SMILES string of the molecule is Cc1ccccc1NC(=O)C1CC(=O)N(CC2CCCO2)C1. The summed E-state index contributed by atoms with van der Waals surface area (Å²) in [6.45, 7) is 3.85. The highest BCUT2D eigenvalue weighted by atomic mass is 16.5. The molecule has 0 spiro atoms. The fourth-order valence-corrected chi connectivity index (χ4v) is 3.11. The summed E-state index contributed by atoms with van der Waals surface area (Å²) in [7, 11) is 0. The molecule has 2 unspecified atom stereocenters.